The normalized spacial score (nSPS) is 33.1. The molecule has 0 spiro atoms. The van der Waals surface area contributed by atoms with Crippen molar-refractivity contribution in [3.05, 3.63) is 41.1 Å². The van der Waals surface area contributed by atoms with Gasteiger partial charge in [-0.15, -0.1) is 0 Å². The van der Waals surface area contributed by atoms with E-state index in [-0.39, 0.29) is 6.61 Å². The van der Waals surface area contributed by atoms with E-state index in [4.69, 9.17) is 0 Å². The zero-order valence-electron chi connectivity index (χ0n) is 13.2. The van der Waals surface area contributed by atoms with E-state index in [2.05, 4.69) is 28.8 Å². The molecule has 0 unspecified atom stereocenters. The lowest BCUT2D eigenvalue weighted by molar-refractivity contribution is -0.637. The van der Waals surface area contributed by atoms with Crippen molar-refractivity contribution in [3.63, 3.8) is 0 Å². The zero-order chi connectivity index (χ0) is 15.7. The first kappa shape index (κ1) is 13.4. The number of aromatic hydroxyl groups is 1. The molecule has 0 saturated carbocycles. The lowest BCUT2D eigenvalue weighted by Gasteiger charge is -2.45. The van der Waals surface area contributed by atoms with E-state index < -0.39 is 0 Å². The number of aromatic nitrogens is 1. The summed E-state index contributed by atoms with van der Waals surface area (Å²) >= 11 is 0. The Hall–Kier alpha value is -2.07. The number of fused-ring (bicyclic) bond motifs is 4. The van der Waals surface area contributed by atoms with Gasteiger partial charge in [0, 0.05) is 35.2 Å². The molecule has 5 heterocycles. The number of nitrogens with zero attached hydrogens (tertiary/aromatic N) is 1. The maximum atomic E-state index is 9.98. The van der Waals surface area contributed by atoms with Gasteiger partial charge in [-0.2, -0.15) is 0 Å². The van der Waals surface area contributed by atoms with Crippen LogP contribution in [0.5, 0.6) is 5.75 Å². The number of piperidine rings is 1. The third kappa shape index (κ3) is 1.62. The molecule has 1 saturated heterocycles. The predicted molar refractivity (Wildman–Crippen MR) is 89.0 cm³/mol. The molecular weight excluding hydrogens is 288 g/mol. The van der Waals surface area contributed by atoms with Crippen molar-refractivity contribution in [3.8, 4) is 5.75 Å². The Morgan fingerprint density at radius 3 is 3.04 bits per heavy atom. The molecule has 3 N–H and O–H groups in total. The van der Waals surface area contributed by atoms with E-state index in [0.29, 0.717) is 29.7 Å². The van der Waals surface area contributed by atoms with Crippen molar-refractivity contribution in [2.45, 2.75) is 31.8 Å². The van der Waals surface area contributed by atoms with E-state index in [1.165, 1.54) is 16.8 Å². The second-order valence-corrected chi connectivity index (χ2v) is 7.09. The van der Waals surface area contributed by atoms with Crippen molar-refractivity contribution in [2.24, 2.45) is 11.8 Å². The van der Waals surface area contributed by atoms with Gasteiger partial charge in [0.25, 0.3) is 0 Å². The Balaban J connectivity index is 1.74. The minimum Gasteiger partial charge on any atom is -0.508 e. The van der Waals surface area contributed by atoms with E-state index in [1.807, 2.05) is 12.1 Å². The topological polar surface area (TPSA) is 59.3 Å². The summed E-state index contributed by atoms with van der Waals surface area (Å²) < 4.78 is 2.47. The maximum absolute atomic E-state index is 9.98. The number of rotatable bonds is 1. The molecule has 4 nitrogen and oxygen atoms in total. The summed E-state index contributed by atoms with van der Waals surface area (Å²) in [4.78, 5) is 3.59. The summed E-state index contributed by atoms with van der Waals surface area (Å²) in [5.41, 5.74) is 5.10. The number of hydrogen-bond acceptors (Lipinski definition) is 2. The van der Waals surface area contributed by atoms with Crippen LogP contribution in [0.15, 0.2) is 29.8 Å². The second kappa shape index (κ2) is 4.48. The molecule has 2 aromatic rings. The van der Waals surface area contributed by atoms with Gasteiger partial charge in [-0.1, -0.05) is 6.08 Å². The van der Waals surface area contributed by atoms with Crippen LogP contribution in [0.3, 0.4) is 0 Å². The zero-order valence-corrected chi connectivity index (χ0v) is 13.2. The van der Waals surface area contributed by atoms with Gasteiger partial charge in [-0.3, -0.25) is 0 Å². The molecule has 1 aromatic heterocycles. The highest BCUT2D eigenvalue weighted by molar-refractivity contribution is 5.87. The van der Waals surface area contributed by atoms with Gasteiger partial charge in [0.2, 0.25) is 0 Å². The van der Waals surface area contributed by atoms with Gasteiger partial charge in [0.05, 0.1) is 18.2 Å². The Labute approximate surface area is 134 Å². The monoisotopic (exact) mass is 309 g/mol. The van der Waals surface area contributed by atoms with Crippen LogP contribution >= 0.6 is 0 Å². The molecule has 23 heavy (non-hydrogen) atoms. The number of allylic oxidation sites excluding steroid dienone is 2. The average molecular weight is 309 g/mol. The predicted octanol–water partition coefficient (Wildman–Crippen LogP) is 2.51. The standard InChI is InChI=1S/C19H20N2O2/c1-2-10-8-21-17-7-14-13-5-11(23)3-4-16(13)20-19(14)18(21)6-12(10)15(17)9-22/h2-5,8,12,15,17-18,20,22H,6-7,9H2,1H3/p+1/b10-2-/t12-,15-,17+,18+/m1/s1. The Kier molecular flexibility index (Phi) is 2.61. The first-order valence-corrected chi connectivity index (χ1v) is 8.44. The molecule has 4 heteroatoms. The molecule has 1 fully saturated rings. The molecule has 4 aliphatic rings. The average Bonchev–Trinajstić information content (AvgIpc) is 2.92. The molecule has 118 valence electrons. The van der Waals surface area contributed by atoms with Gasteiger partial charge >= 0.3 is 0 Å². The lowest BCUT2D eigenvalue weighted by Crippen LogP contribution is -2.55. The van der Waals surface area contributed by atoms with Gasteiger partial charge < -0.3 is 15.2 Å². The third-order valence-electron chi connectivity index (χ3n) is 6.17. The number of benzene rings is 1. The van der Waals surface area contributed by atoms with Gasteiger partial charge in [0.1, 0.15) is 5.75 Å². The smallest absolute Gasteiger partial charge is 0.193 e. The Morgan fingerprint density at radius 1 is 1.39 bits per heavy atom. The highest BCUT2D eigenvalue weighted by Gasteiger charge is 2.55. The summed E-state index contributed by atoms with van der Waals surface area (Å²) in [5, 5.41) is 21.0. The van der Waals surface area contributed by atoms with E-state index in [9.17, 15) is 10.2 Å². The van der Waals surface area contributed by atoms with Crippen LogP contribution in [-0.4, -0.2) is 38.6 Å². The molecule has 0 aliphatic carbocycles. The molecule has 4 aliphatic heterocycles. The molecule has 4 atom stereocenters. The molecule has 4 bridgehead atoms. The quantitative estimate of drug-likeness (QED) is 0.709. The van der Waals surface area contributed by atoms with Crippen LogP contribution in [0, 0.1) is 11.8 Å². The molecular formula is C19H21N2O2+. The summed E-state index contributed by atoms with van der Waals surface area (Å²) in [6.45, 7) is 2.34. The highest BCUT2D eigenvalue weighted by Crippen LogP contribution is 2.50. The minimum absolute atomic E-state index is 0.243. The van der Waals surface area contributed by atoms with Gasteiger partial charge in [-0.25, -0.2) is 4.58 Å². The minimum atomic E-state index is 0.243. The number of hydrogen-bond donors (Lipinski definition) is 3. The number of H-pyrrole nitrogens is 1. The maximum Gasteiger partial charge on any atom is 0.193 e. The largest absolute Gasteiger partial charge is 0.508 e. The van der Waals surface area contributed by atoms with Crippen molar-refractivity contribution < 1.29 is 14.8 Å². The Morgan fingerprint density at radius 2 is 2.26 bits per heavy atom. The molecule has 1 aromatic carbocycles. The lowest BCUT2D eigenvalue weighted by atomic mass is 9.66. The van der Waals surface area contributed by atoms with Gasteiger partial charge in [-0.05, 0) is 30.7 Å². The highest BCUT2D eigenvalue weighted by atomic mass is 16.3. The number of nitrogens with one attached hydrogen (secondary N) is 1. The van der Waals surface area contributed by atoms with E-state index >= 15 is 0 Å². The summed E-state index contributed by atoms with van der Waals surface area (Å²) in [6, 6.07) is 6.30. The first-order chi connectivity index (χ1) is 11.2. The fourth-order valence-electron chi connectivity index (χ4n) is 5.13. The summed E-state index contributed by atoms with van der Waals surface area (Å²) in [6.07, 6.45) is 6.49. The fraction of sp³-hybridized carbons (Fsp3) is 0.421. The van der Waals surface area contributed by atoms with E-state index in [1.54, 1.807) is 6.07 Å². The van der Waals surface area contributed by atoms with Crippen LogP contribution in [0.2, 0.25) is 0 Å². The second-order valence-electron chi connectivity index (χ2n) is 7.09. The van der Waals surface area contributed by atoms with E-state index in [0.717, 1.165) is 23.7 Å². The molecule has 0 radical (unpaired) electrons. The number of phenolic OH excluding ortho intramolecular Hbond substituents is 1. The number of aliphatic hydroxyl groups excluding tert-OH is 1. The summed E-state index contributed by atoms with van der Waals surface area (Å²) in [5.74, 6) is 1.08. The van der Waals surface area contributed by atoms with Crippen molar-refractivity contribution >= 4 is 17.1 Å². The van der Waals surface area contributed by atoms with Gasteiger partial charge in [0.15, 0.2) is 18.3 Å². The SMILES string of the molecule is C/C=C1/C=[N+]2[C@H]3C[C@H]1[C@@H](CO)[C@@H]2Cc1c3[nH]c2ccc(O)cc12. The number of phenols is 1. The number of aliphatic hydroxyl groups is 1. The Bertz CT molecular complexity index is 877. The van der Waals surface area contributed by atoms with Crippen LogP contribution in [-0.2, 0) is 6.42 Å². The van der Waals surface area contributed by atoms with Crippen molar-refractivity contribution in [2.75, 3.05) is 6.61 Å². The van der Waals surface area contributed by atoms with Crippen LogP contribution in [0.25, 0.3) is 10.9 Å². The van der Waals surface area contributed by atoms with Crippen molar-refractivity contribution in [1.82, 2.24) is 4.98 Å². The third-order valence-corrected chi connectivity index (χ3v) is 6.17. The summed E-state index contributed by atoms with van der Waals surface area (Å²) in [7, 11) is 0. The first-order valence-electron chi connectivity index (χ1n) is 8.44. The molecule has 0 amide bonds. The molecule has 6 rings (SSSR count). The van der Waals surface area contributed by atoms with Crippen molar-refractivity contribution in [1.29, 1.82) is 0 Å². The fourth-order valence-corrected chi connectivity index (χ4v) is 5.13. The van der Waals surface area contributed by atoms with Crippen LogP contribution in [0.1, 0.15) is 30.6 Å². The van der Waals surface area contributed by atoms with Crippen LogP contribution < -0.4 is 0 Å². The van der Waals surface area contributed by atoms with Crippen LogP contribution in [0.4, 0.5) is 0 Å². The number of aromatic amines is 1.